The number of methoxy groups -OCH3 is 1. The van der Waals surface area contributed by atoms with E-state index in [1.54, 1.807) is 42.5 Å². The molecular formula is C17H17NO5S2. The third-order valence-corrected chi connectivity index (χ3v) is 4.95. The number of aryl methyl sites for hydroxylation is 1. The lowest BCUT2D eigenvalue weighted by Gasteiger charge is -2.06. The van der Waals surface area contributed by atoms with Crippen LogP contribution >= 0.6 is 11.8 Å². The van der Waals surface area contributed by atoms with Crippen LogP contribution in [0.3, 0.4) is 0 Å². The molecule has 25 heavy (non-hydrogen) atoms. The molecule has 0 saturated heterocycles. The van der Waals surface area contributed by atoms with Crippen LogP contribution in [0, 0.1) is 6.92 Å². The molecule has 132 valence electrons. The molecule has 2 rings (SSSR count). The molecule has 0 aliphatic rings. The Hall–Kier alpha value is -2.32. The van der Waals surface area contributed by atoms with Crippen molar-refractivity contribution in [2.75, 3.05) is 7.11 Å². The lowest BCUT2D eigenvalue weighted by molar-refractivity contribution is -0.132. The molecule has 0 N–H and O–H groups in total. The lowest BCUT2D eigenvalue weighted by Crippen LogP contribution is -2.14. The summed E-state index contributed by atoms with van der Waals surface area (Å²) in [7, 11) is -2.79. The Balaban J connectivity index is 2.14. The zero-order valence-electron chi connectivity index (χ0n) is 13.7. The molecule has 0 aromatic heterocycles. The molecule has 2 aromatic rings. The number of esters is 1. The molecule has 6 nitrogen and oxygen atoms in total. The van der Waals surface area contributed by atoms with Gasteiger partial charge in [0.05, 0.1) is 7.11 Å². The number of carbonyl (C=O) groups is 1. The molecule has 0 heterocycles. The fourth-order valence-electron chi connectivity index (χ4n) is 1.80. The van der Waals surface area contributed by atoms with E-state index in [9.17, 15) is 13.2 Å². The average Bonchev–Trinajstić information content (AvgIpc) is 2.60. The van der Waals surface area contributed by atoms with Gasteiger partial charge in [0.2, 0.25) is 5.04 Å². The van der Waals surface area contributed by atoms with Crippen molar-refractivity contribution in [3.8, 4) is 0 Å². The zero-order chi connectivity index (χ0) is 18.3. The summed E-state index contributed by atoms with van der Waals surface area (Å²) in [5, 5.41) is 3.29. The average molecular weight is 379 g/mol. The van der Waals surface area contributed by atoms with E-state index in [-0.39, 0.29) is 10.8 Å². The van der Waals surface area contributed by atoms with Crippen molar-refractivity contribution in [2.45, 2.75) is 17.6 Å². The third kappa shape index (κ3) is 6.24. The summed E-state index contributed by atoms with van der Waals surface area (Å²) in [6.07, 6.45) is 0. The summed E-state index contributed by atoms with van der Waals surface area (Å²) < 4.78 is 33.3. The summed E-state index contributed by atoms with van der Waals surface area (Å²) in [5.41, 5.74) is 1.62. The second kappa shape index (κ2) is 8.68. The molecule has 0 amide bonds. The molecule has 8 heteroatoms. The van der Waals surface area contributed by atoms with Crippen LogP contribution in [0.5, 0.6) is 0 Å². The first-order chi connectivity index (χ1) is 11.9. The first kappa shape index (κ1) is 19.0. The Kier molecular flexibility index (Phi) is 6.60. The quantitative estimate of drug-likeness (QED) is 0.261. The van der Waals surface area contributed by atoms with Crippen LogP contribution in [0.25, 0.3) is 0 Å². The number of rotatable bonds is 5. The van der Waals surface area contributed by atoms with Crippen molar-refractivity contribution in [2.24, 2.45) is 5.16 Å². The minimum absolute atomic E-state index is 0.206. The van der Waals surface area contributed by atoms with Crippen LogP contribution in [0.1, 0.15) is 11.1 Å². The van der Waals surface area contributed by atoms with Crippen molar-refractivity contribution in [3.63, 3.8) is 0 Å². The van der Waals surface area contributed by atoms with Gasteiger partial charge in [-0.2, -0.15) is 8.42 Å². The predicted molar refractivity (Wildman–Crippen MR) is 96.6 cm³/mol. The molecule has 0 unspecified atom stereocenters. The molecule has 0 saturated carbocycles. The van der Waals surface area contributed by atoms with E-state index in [0.717, 1.165) is 17.3 Å². The number of carbonyl (C=O) groups excluding carboxylic acids is 1. The molecule has 0 radical (unpaired) electrons. The van der Waals surface area contributed by atoms with E-state index in [0.29, 0.717) is 10.5 Å². The Morgan fingerprint density at radius 1 is 1.08 bits per heavy atom. The Morgan fingerprint density at radius 2 is 1.72 bits per heavy atom. The van der Waals surface area contributed by atoms with Gasteiger partial charge in [-0.3, -0.25) is 4.28 Å². The molecule has 2 aromatic carbocycles. The van der Waals surface area contributed by atoms with Crippen LogP contribution in [-0.2, 0) is 29.7 Å². The topological polar surface area (TPSA) is 82.0 Å². The van der Waals surface area contributed by atoms with Gasteiger partial charge in [-0.1, -0.05) is 64.9 Å². The molecule has 0 aliphatic carbocycles. The number of hydrogen-bond donors (Lipinski definition) is 0. The van der Waals surface area contributed by atoms with E-state index in [4.69, 9.17) is 0 Å². The minimum Gasteiger partial charge on any atom is -0.464 e. The molecule has 0 atom stereocenters. The summed E-state index contributed by atoms with van der Waals surface area (Å²) in [4.78, 5) is 12.5. The fraction of sp³-hybridized carbons (Fsp3) is 0.176. The van der Waals surface area contributed by atoms with Gasteiger partial charge in [-0.15, -0.1) is 0 Å². The molecule has 0 aliphatic heterocycles. The highest BCUT2D eigenvalue weighted by atomic mass is 32.2. The highest BCUT2D eigenvalue weighted by molar-refractivity contribution is 8.15. The van der Waals surface area contributed by atoms with Crippen LogP contribution < -0.4 is 0 Å². The van der Waals surface area contributed by atoms with E-state index < -0.39 is 16.1 Å². The molecule has 0 fully saturated rings. The number of nitrogens with zero attached hydrogens (tertiary/aromatic N) is 1. The first-order valence-electron chi connectivity index (χ1n) is 7.26. The predicted octanol–water partition coefficient (Wildman–Crippen LogP) is 3.12. The SMILES string of the molecule is COC(=O)C(=NOS(=O)(=O)Cc1ccccc1)Sc1ccc(C)cc1. The van der Waals surface area contributed by atoms with Crippen LogP contribution in [0.15, 0.2) is 64.6 Å². The van der Waals surface area contributed by atoms with Gasteiger partial charge in [0.15, 0.2) is 0 Å². The minimum atomic E-state index is -3.98. The largest absolute Gasteiger partial charge is 0.464 e. The van der Waals surface area contributed by atoms with E-state index in [1.165, 1.54) is 7.11 Å². The first-order valence-corrected chi connectivity index (χ1v) is 9.65. The van der Waals surface area contributed by atoms with Gasteiger partial charge in [0, 0.05) is 4.90 Å². The number of hydrogen-bond acceptors (Lipinski definition) is 7. The van der Waals surface area contributed by atoms with E-state index >= 15 is 0 Å². The van der Waals surface area contributed by atoms with Crippen LogP contribution in [0.4, 0.5) is 0 Å². The Bertz CT molecular complexity index is 846. The summed E-state index contributed by atoms with van der Waals surface area (Å²) in [6, 6.07) is 15.9. The zero-order valence-corrected chi connectivity index (χ0v) is 15.3. The van der Waals surface area contributed by atoms with E-state index in [1.807, 2.05) is 19.1 Å². The maximum absolute atomic E-state index is 12.0. The highest BCUT2D eigenvalue weighted by Gasteiger charge is 2.19. The Labute approximate surface area is 151 Å². The molecule has 0 bridgehead atoms. The monoisotopic (exact) mass is 379 g/mol. The second-order valence-electron chi connectivity index (χ2n) is 5.07. The number of ether oxygens (including phenoxy) is 1. The molecule has 0 spiro atoms. The van der Waals surface area contributed by atoms with Crippen molar-refractivity contribution >= 4 is 32.9 Å². The summed E-state index contributed by atoms with van der Waals surface area (Å²) in [5.74, 6) is -1.12. The van der Waals surface area contributed by atoms with Crippen LogP contribution in [-0.4, -0.2) is 26.5 Å². The standard InChI is InChI=1S/C17H17NO5S2/c1-13-8-10-15(11-9-13)24-16(17(19)22-2)18-23-25(20,21)12-14-6-4-3-5-7-14/h3-11H,12H2,1-2H3. The van der Waals surface area contributed by atoms with Gasteiger partial charge in [0.25, 0.3) is 0 Å². The van der Waals surface area contributed by atoms with Crippen molar-refractivity contribution in [3.05, 3.63) is 65.7 Å². The summed E-state index contributed by atoms with van der Waals surface area (Å²) >= 11 is 0.963. The second-order valence-corrected chi connectivity index (χ2v) is 7.68. The number of oxime groups is 1. The molecular weight excluding hydrogens is 362 g/mol. The maximum Gasteiger partial charge on any atom is 0.367 e. The number of benzene rings is 2. The smallest absolute Gasteiger partial charge is 0.367 e. The van der Waals surface area contributed by atoms with Crippen LogP contribution in [0.2, 0.25) is 0 Å². The fourth-order valence-corrected chi connectivity index (χ4v) is 3.42. The van der Waals surface area contributed by atoms with E-state index in [2.05, 4.69) is 14.2 Å². The van der Waals surface area contributed by atoms with Crippen molar-refractivity contribution < 1.29 is 22.2 Å². The van der Waals surface area contributed by atoms with Crippen molar-refractivity contribution in [1.82, 2.24) is 0 Å². The third-order valence-electron chi connectivity index (χ3n) is 3.02. The van der Waals surface area contributed by atoms with Gasteiger partial charge >= 0.3 is 16.1 Å². The highest BCUT2D eigenvalue weighted by Crippen LogP contribution is 2.21. The summed E-state index contributed by atoms with van der Waals surface area (Å²) in [6.45, 7) is 1.93. The Morgan fingerprint density at radius 3 is 2.32 bits per heavy atom. The maximum atomic E-state index is 12.0. The number of thioether (sulfide) groups is 1. The van der Waals surface area contributed by atoms with Gasteiger partial charge in [-0.25, -0.2) is 4.79 Å². The lowest BCUT2D eigenvalue weighted by atomic mass is 10.2. The van der Waals surface area contributed by atoms with Gasteiger partial charge in [0.1, 0.15) is 5.75 Å². The van der Waals surface area contributed by atoms with Crippen molar-refractivity contribution in [1.29, 1.82) is 0 Å². The van der Waals surface area contributed by atoms with Gasteiger partial charge in [-0.05, 0) is 24.6 Å². The normalized spacial score (nSPS) is 11.8. The van der Waals surface area contributed by atoms with Gasteiger partial charge < -0.3 is 4.74 Å².